The number of carbonyl (C=O) groups excluding carboxylic acids is 4. The lowest BCUT2D eigenvalue weighted by Gasteiger charge is -2.28. The predicted octanol–water partition coefficient (Wildman–Crippen LogP) is 4.94. The molecular weight excluding hydrogens is 461 g/mol. The van der Waals surface area contributed by atoms with Gasteiger partial charge < -0.3 is 4.74 Å². The number of carbonyl (C=O) groups is 4. The smallest absolute Gasteiger partial charge is 0.338 e. The van der Waals surface area contributed by atoms with Gasteiger partial charge in [-0.3, -0.25) is 19.3 Å². The van der Waals surface area contributed by atoms with Gasteiger partial charge in [-0.15, -0.1) is 0 Å². The van der Waals surface area contributed by atoms with Crippen molar-refractivity contribution in [2.24, 2.45) is 11.8 Å². The predicted molar refractivity (Wildman–Crippen MR) is 130 cm³/mol. The van der Waals surface area contributed by atoms with Gasteiger partial charge in [-0.25, -0.2) is 9.18 Å². The molecule has 0 radical (unpaired) electrons. The summed E-state index contributed by atoms with van der Waals surface area (Å²) >= 11 is 0. The highest BCUT2D eigenvalue weighted by Crippen LogP contribution is 2.45. The number of ketones is 1. The minimum atomic E-state index is -0.713. The van der Waals surface area contributed by atoms with Crippen molar-refractivity contribution in [2.75, 3.05) is 11.5 Å². The van der Waals surface area contributed by atoms with Crippen LogP contribution >= 0.6 is 0 Å². The minimum absolute atomic E-state index is 0.186. The maximum atomic E-state index is 13.2. The number of halogens is 1. The number of nitrogens with zero attached hydrogens (tertiary/aromatic N) is 1. The van der Waals surface area contributed by atoms with E-state index in [0.29, 0.717) is 18.5 Å². The van der Waals surface area contributed by atoms with Crippen LogP contribution in [0.15, 0.2) is 78.9 Å². The van der Waals surface area contributed by atoms with Crippen molar-refractivity contribution in [3.05, 3.63) is 101 Å². The monoisotopic (exact) mass is 485 g/mol. The Kier molecular flexibility index (Phi) is 6.46. The third kappa shape index (κ3) is 4.56. The number of hydrogen-bond acceptors (Lipinski definition) is 5. The zero-order valence-electron chi connectivity index (χ0n) is 19.4. The van der Waals surface area contributed by atoms with E-state index in [0.717, 1.165) is 18.6 Å². The first-order valence-corrected chi connectivity index (χ1v) is 11.9. The number of hydrogen-bond donors (Lipinski definition) is 0. The van der Waals surface area contributed by atoms with E-state index in [2.05, 4.69) is 12.1 Å². The Morgan fingerprint density at radius 2 is 1.44 bits per heavy atom. The molecule has 3 atom stereocenters. The second kappa shape index (κ2) is 9.85. The van der Waals surface area contributed by atoms with Gasteiger partial charge in [-0.2, -0.15) is 0 Å². The molecule has 3 aromatic carbocycles. The van der Waals surface area contributed by atoms with Crippen LogP contribution in [0, 0.1) is 17.7 Å². The molecule has 1 heterocycles. The van der Waals surface area contributed by atoms with Crippen molar-refractivity contribution in [1.29, 1.82) is 0 Å². The van der Waals surface area contributed by atoms with Crippen LogP contribution < -0.4 is 4.90 Å². The largest absolute Gasteiger partial charge is 0.454 e. The number of Topliss-reactive ketones (excluding diaryl/α,β-unsaturated/α-hetero) is 1. The summed E-state index contributed by atoms with van der Waals surface area (Å²) in [6.45, 7) is -0.485. The van der Waals surface area contributed by atoms with Gasteiger partial charge in [0.2, 0.25) is 11.8 Å². The summed E-state index contributed by atoms with van der Waals surface area (Å²) < 4.78 is 18.1. The Hall–Kier alpha value is -4.13. The molecule has 0 spiro atoms. The highest BCUT2D eigenvalue weighted by molar-refractivity contribution is 6.22. The van der Waals surface area contributed by atoms with Crippen LogP contribution in [0.3, 0.4) is 0 Å². The number of anilines is 1. The van der Waals surface area contributed by atoms with E-state index in [1.54, 1.807) is 12.1 Å². The van der Waals surface area contributed by atoms with E-state index in [4.69, 9.17) is 4.74 Å². The van der Waals surface area contributed by atoms with Gasteiger partial charge in [0.1, 0.15) is 5.82 Å². The van der Waals surface area contributed by atoms with Crippen LogP contribution in [0.5, 0.6) is 0 Å². The second-order valence-electron chi connectivity index (χ2n) is 9.20. The van der Waals surface area contributed by atoms with Crippen LogP contribution in [0.4, 0.5) is 10.1 Å². The summed E-state index contributed by atoms with van der Waals surface area (Å²) in [5.41, 5.74) is 2.03. The molecule has 5 rings (SSSR count). The lowest BCUT2D eigenvalue weighted by molar-refractivity contribution is -0.122. The Balaban J connectivity index is 1.23. The molecule has 2 aliphatic rings. The number of imide groups is 1. The van der Waals surface area contributed by atoms with E-state index in [1.807, 2.05) is 18.2 Å². The Bertz CT molecular complexity index is 1300. The van der Waals surface area contributed by atoms with Crippen LogP contribution in [0.1, 0.15) is 51.5 Å². The van der Waals surface area contributed by atoms with E-state index in [1.165, 1.54) is 34.7 Å². The lowest BCUT2D eigenvalue weighted by Crippen LogP contribution is -2.30. The van der Waals surface area contributed by atoms with Gasteiger partial charge in [0.15, 0.2) is 12.4 Å². The molecule has 36 heavy (non-hydrogen) atoms. The fraction of sp³-hybridized carbons (Fsp3) is 0.241. The summed E-state index contributed by atoms with van der Waals surface area (Å²) in [4.78, 5) is 52.1. The van der Waals surface area contributed by atoms with Gasteiger partial charge in [-0.1, -0.05) is 30.3 Å². The van der Waals surface area contributed by atoms with Crippen molar-refractivity contribution in [2.45, 2.75) is 25.2 Å². The molecule has 6 nitrogen and oxygen atoms in total. The van der Waals surface area contributed by atoms with E-state index in [-0.39, 0.29) is 40.7 Å². The van der Waals surface area contributed by atoms with Gasteiger partial charge in [0.05, 0.1) is 23.1 Å². The number of fused-ring (bicyclic) bond motifs is 1. The van der Waals surface area contributed by atoms with Crippen molar-refractivity contribution in [1.82, 2.24) is 0 Å². The fourth-order valence-electron chi connectivity index (χ4n) is 5.14. The molecule has 3 aromatic rings. The Morgan fingerprint density at radius 3 is 2.14 bits per heavy atom. The van der Waals surface area contributed by atoms with Crippen LogP contribution in [0.2, 0.25) is 0 Å². The first kappa shape index (κ1) is 23.6. The first-order chi connectivity index (χ1) is 17.4. The summed E-state index contributed by atoms with van der Waals surface area (Å²) in [6, 6.07) is 21.0. The van der Waals surface area contributed by atoms with Crippen molar-refractivity contribution in [3.63, 3.8) is 0 Å². The number of ether oxygens (including phenoxy) is 1. The SMILES string of the molecule is O=C(COC(=O)c1ccc(N2C(=O)[C@H]3CC[C@H](c4ccccc4)C[C@H]3C2=O)cc1)c1ccc(F)cc1. The van der Waals surface area contributed by atoms with Crippen molar-refractivity contribution >= 4 is 29.3 Å². The number of rotatable bonds is 6. The Labute approximate surface area is 207 Å². The zero-order valence-corrected chi connectivity index (χ0v) is 19.4. The fourth-order valence-corrected chi connectivity index (χ4v) is 5.14. The molecule has 0 N–H and O–H groups in total. The molecule has 182 valence electrons. The highest BCUT2D eigenvalue weighted by atomic mass is 19.1. The van der Waals surface area contributed by atoms with Gasteiger partial charge in [0.25, 0.3) is 0 Å². The molecule has 0 bridgehead atoms. The molecule has 0 unspecified atom stereocenters. The minimum Gasteiger partial charge on any atom is -0.454 e. The molecule has 2 fully saturated rings. The summed E-state index contributed by atoms with van der Waals surface area (Å²) in [5, 5.41) is 0. The molecule has 1 aliphatic heterocycles. The van der Waals surface area contributed by atoms with Gasteiger partial charge in [0, 0.05) is 5.56 Å². The van der Waals surface area contributed by atoms with Crippen molar-refractivity contribution < 1.29 is 28.3 Å². The topological polar surface area (TPSA) is 80.8 Å². The number of amides is 2. The highest BCUT2D eigenvalue weighted by Gasteiger charge is 2.50. The second-order valence-corrected chi connectivity index (χ2v) is 9.20. The summed E-state index contributed by atoms with van der Waals surface area (Å²) in [6.07, 6.45) is 2.17. The first-order valence-electron chi connectivity index (χ1n) is 11.9. The van der Waals surface area contributed by atoms with Gasteiger partial charge >= 0.3 is 5.97 Å². The molecule has 7 heteroatoms. The van der Waals surface area contributed by atoms with E-state index in [9.17, 15) is 23.6 Å². The summed E-state index contributed by atoms with van der Waals surface area (Å²) in [5.74, 6) is -2.45. The molecule has 1 saturated heterocycles. The van der Waals surface area contributed by atoms with Crippen LogP contribution in [-0.4, -0.2) is 30.2 Å². The molecular formula is C29H24FNO5. The average Bonchev–Trinajstić information content (AvgIpc) is 3.17. The van der Waals surface area contributed by atoms with E-state index >= 15 is 0 Å². The maximum Gasteiger partial charge on any atom is 0.338 e. The molecule has 2 amide bonds. The quantitative estimate of drug-likeness (QED) is 0.281. The maximum absolute atomic E-state index is 13.2. The van der Waals surface area contributed by atoms with Crippen molar-refractivity contribution in [3.8, 4) is 0 Å². The number of benzene rings is 3. The summed E-state index contributed by atoms with van der Waals surface area (Å²) in [7, 11) is 0. The van der Waals surface area contributed by atoms with Crippen LogP contribution in [0.25, 0.3) is 0 Å². The number of esters is 1. The van der Waals surface area contributed by atoms with Gasteiger partial charge in [-0.05, 0) is 79.3 Å². The normalized spacial score (nSPS) is 21.2. The lowest BCUT2D eigenvalue weighted by atomic mass is 9.73. The molecule has 1 aliphatic carbocycles. The van der Waals surface area contributed by atoms with Crippen LogP contribution in [-0.2, 0) is 14.3 Å². The average molecular weight is 486 g/mol. The Morgan fingerprint density at radius 1 is 0.806 bits per heavy atom. The standard InChI is InChI=1S/C29H24FNO5/c30-22-11-6-19(7-12-22)26(32)17-36-29(35)20-8-13-23(14-9-20)31-27(33)24-15-10-21(16-25(24)28(31)34)18-4-2-1-3-5-18/h1-9,11-14,21,24-25H,10,15-17H2/t21-,24-,25+/m0/s1. The third-order valence-electron chi connectivity index (χ3n) is 7.06. The molecule has 0 aromatic heterocycles. The third-order valence-corrected chi connectivity index (χ3v) is 7.06. The van der Waals surface area contributed by atoms with E-state index < -0.39 is 24.2 Å². The molecule has 1 saturated carbocycles. The zero-order chi connectivity index (χ0) is 25.2.